The molecule has 0 spiro atoms. The molecule has 31 heavy (non-hydrogen) atoms. The van der Waals surface area contributed by atoms with Crippen LogP contribution in [0, 0.1) is 13.8 Å². The average Bonchev–Trinajstić information content (AvgIpc) is 2.73. The number of anilines is 1. The molecular weight excluding hydrogens is 400 g/mol. The Kier molecular flexibility index (Phi) is 8.56. The maximum absolute atomic E-state index is 12.1. The van der Waals surface area contributed by atoms with Crippen molar-refractivity contribution in [1.82, 2.24) is 5.43 Å². The predicted octanol–water partition coefficient (Wildman–Crippen LogP) is 2.05. The number of rotatable bonds is 10. The minimum atomic E-state index is -0.599. The van der Waals surface area contributed by atoms with E-state index in [1.807, 2.05) is 32.0 Å². The Hall–Kier alpha value is -3.88. The molecule has 0 aliphatic rings. The summed E-state index contributed by atoms with van der Waals surface area (Å²) in [6.07, 6.45) is 1.46. The van der Waals surface area contributed by atoms with Gasteiger partial charge in [0.25, 0.3) is 5.91 Å². The van der Waals surface area contributed by atoms with Gasteiger partial charge >= 0.3 is 0 Å². The van der Waals surface area contributed by atoms with E-state index in [-0.39, 0.29) is 31.3 Å². The monoisotopic (exact) mass is 426 g/mol. The third kappa shape index (κ3) is 7.81. The lowest BCUT2D eigenvalue weighted by atomic mass is 10.1. The van der Waals surface area contributed by atoms with Crippen molar-refractivity contribution in [3.63, 3.8) is 0 Å². The summed E-state index contributed by atoms with van der Waals surface area (Å²) in [5, 5.41) is 6.68. The number of nitrogens with one attached hydrogen (secondary N) is 2. The fourth-order valence-electron chi connectivity index (χ4n) is 2.66. The van der Waals surface area contributed by atoms with Crippen LogP contribution in [0.4, 0.5) is 5.69 Å². The van der Waals surface area contributed by atoms with E-state index in [1.54, 1.807) is 18.2 Å². The third-order valence-corrected chi connectivity index (χ3v) is 4.20. The van der Waals surface area contributed by atoms with Crippen molar-refractivity contribution in [2.45, 2.75) is 26.7 Å². The summed E-state index contributed by atoms with van der Waals surface area (Å²) < 4.78 is 10.4. The molecule has 0 unspecified atom stereocenters. The highest BCUT2D eigenvalue weighted by atomic mass is 16.5. The first-order valence-corrected chi connectivity index (χ1v) is 9.56. The van der Waals surface area contributed by atoms with Crippen LogP contribution in [0.15, 0.2) is 41.5 Å². The van der Waals surface area contributed by atoms with E-state index in [1.165, 1.54) is 13.3 Å². The van der Waals surface area contributed by atoms with Crippen LogP contribution in [0.3, 0.4) is 0 Å². The zero-order chi connectivity index (χ0) is 22.8. The van der Waals surface area contributed by atoms with Crippen molar-refractivity contribution in [3.8, 4) is 11.5 Å². The number of primary amides is 1. The Balaban J connectivity index is 1.82. The van der Waals surface area contributed by atoms with Gasteiger partial charge in [0.2, 0.25) is 11.8 Å². The summed E-state index contributed by atoms with van der Waals surface area (Å²) in [5.41, 5.74) is 10.9. The number of amides is 3. The molecule has 164 valence electrons. The molecule has 0 atom stereocenters. The van der Waals surface area contributed by atoms with Crippen LogP contribution in [-0.4, -0.2) is 37.7 Å². The molecule has 9 heteroatoms. The lowest BCUT2D eigenvalue weighted by Crippen LogP contribution is -2.21. The van der Waals surface area contributed by atoms with Gasteiger partial charge in [0.05, 0.1) is 13.3 Å². The number of carbonyl (C=O) groups is 3. The molecule has 0 radical (unpaired) electrons. The number of methoxy groups -OCH3 is 1. The van der Waals surface area contributed by atoms with E-state index in [0.29, 0.717) is 17.1 Å². The average molecular weight is 426 g/mol. The number of nitrogens with zero attached hydrogens (tertiary/aromatic N) is 1. The number of ether oxygens (including phenoxy) is 2. The van der Waals surface area contributed by atoms with E-state index < -0.39 is 5.91 Å². The molecule has 0 saturated carbocycles. The van der Waals surface area contributed by atoms with Crippen molar-refractivity contribution >= 4 is 29.6 Å². The largest absolute Gasteiger partial charge is 0.493 e. The van der Waals surface area contributed by atoms with Crippen molar-refractivity contribution in [3.05, 3.63) is 53.1 Å². The molecule has 0 aliphatic heterocycles. The zero-order valence-electron chi connectivity index (χ0n) is 17.7. The summed E-state index contributed by atoms with van der Waals surface area (Å²) >= 11 is 0. The van der Waals surface area contributed by atoms with Crippen LogP contribution < -0.4 is 25.9 Å². The van der Waals surface area contributed by atoms with Crippen LogP contribution >= 0.6 is 0 Å². The first-order valence-electron chi connectivity index (χ1n) is 9.56. The number of hydrogen-bond donors (Lipinski definition) is 3. The number of benzene rings is 2. The van der Waals surface area contributed by atoms with Gasteiger partial charge in [-0.3, -0.25) is 14.4 Å². The standard InChI is InChI=1S/C22H26N4O5/c1-14-4-6-17(15(2)10-14)25-21(28)8-9-22(29)26-24-12-16-5-7-18(19(11-16)30-3)31-13-20(23)27/h4-7,10-12H,8-9,13H2,1-3H3,(H2,23,27)(H,25,28)(H,26,29). The molecule has 9 nitrogen and oxygen atoms in total. The second-order valence-electron chi connectivity index (χ2n) is 6.83. The number of aryl methyl sites for hydroxylation is 2. The third-order valence-electron chi connectivity index (χ3n) is 4.20. The van der Waals surface area contributed by atoms with Crippen LogP contribution in [0.1, 0.15) is 29.5 Å². The number of hydrazone groups is 1. The van der Waals surface area contributed by atoms with Gasteiger partial charge in [-0.15, -0.1) is 0 Å². The molecule has 0 aliphatic carbocycles. The summed E-state index contributed by atoms with van der Waals surface area (Å²) in [6.45, 7) is 3.62. The van der Waals surface area contributed by atoms with E-state index >= 15 is 0 Å². The highest BCUT2D eigenvalue weighted by Crippen LogP contribution is 2.27. The Morgan fingerprint density at radius 3 is 2.45 bits per heavy atom. The summed E-state index contributed by atoms with van der Waals surface area (Å²) in [6, 6.07) is 10.6. The van der Waals surface area contributed by atoms with Crippen LogP contribution in [-0.2, 0) is 14.4 Å². The first kappa shape index (κ1) is 23.4. The Labute approximate surface area is 180 Å². The Morgan fingerprint density at radius 2 is 1.77 bits per heavy atom. The second-order valence-corrected chi connectivity index (χ2v) is 6.83. The second kappa shape index (κ2) is 11.3. The van der Waals surface area contributed by atoms with Crippen molar-refractivity contribution in [2.24, 2.45) is 10.8 Å². The van der Waals surface area contributed by atoms with Crippen LogP contribution in [0.25, 0.3) is 0 Å². The van der Waals surface area contributed by atoms with Crippen molar-refractivity contribution in [1.29, 1.82) is 0 Å². The minimum absolute atomic E-state index is 0.00268. The SMILES string of the molecule is COc1cc(C=NNC(=O)CCC(=O)Nc2ccc(C)cc2C)ccc1OCC(N)=O. The fourth-order valence-corrected chi connectivity index (χ4v) is 2.66. The van der Waals surface area contributed by atoms with Gasteiger partial charge in [0.15, 0.2) is 18.1 Å². The lowest BCUT2D eigenvalue weighted by molar-refractivity contribution is -0.124. The Morgan fingerprint density at radius 1 is 1.03 bits per heavy atom. The van der Waals surface area contributed by atoms with Crippen LogP contribution in [0.5, 0.6) is 11.5 Å². The Bertz CT molecular complexity index is 988. The van der Waals surface area contributed by atoms with E-state index in [2.05, 4.69) is 15.8 Å². The molecule has 2 aromatic carbocycles. The van der Waals surface area contributed by atoms with Crippen LogP contribution in [0.2, 0.25) is 0 Å². The number of carbonyl (C=O) groups excluding carboxylic acids is 3. The summed E-state index contributed by atoms with van der Waals surface area (Å²) in [7, 11) is 1.46. The maximum Gasteiger partial charge on any atom is 0.255 e. The van der Waals surface area contributed by atoms with Gasteiger partial charge in [0, 0.05) is 18.5 Å². The van der Waals surface area contributed by atoms with Gasteiger partial charge in [0.1, 0.15) is 0 Å². The summed E-state index contributed by atoms with van der Waals surface area (Å²) in [4.78, 5) is 34.8. The molecule has 0 fully saturated rings. The normalized spacial score (nSPS) is 10.5. The van der Waals surface area contributed by atoms with Crippen molar-refractivity contribution < 1.29 is 23.9 Å². The molecule has 0 heterocycles. The molecule has 2 aromatic rings. The van der Waals surface area contributed by atoms with Gasteiger partial charge in [-0.2, -0.15) is 5.10 Å². The van der Waals surface area contributed by atoms with E-state index in [0.717, 1.165) is 16.8 Å². The van der Waals surface area contributed by atoms with Gasteiger partial charge < -0.3 is 20.5 Å². The van der Waals surface area contributed by atoms with E-state index in [9.17, 15) is 14.4 Å². The molecule has 3 amide bonds. The van der Waals surface area contributed by atoms with Gasteiger partial charge in [-0.1, -0.05) is 17.7 Å². The zero-order valence-corrected chi connectivity index (χ0v) is 17.7. The lowest BCUT2D eigenvalue weighted by Gasteiger charge is -2.10. The number of nitrogens with two attached hydrogens (primary N) is 1. The molecule has 0 bridgehead atoms. The molecular formula is C22H26N4O5. The van der Waals surface area contributed by atoms with Gasteiger partial charge in [-0.25, -0.2) is 5.43 Å². The van der Waals surface area contributed by atoms with Crippen molar-refractivity contribution in [2.75, 3.05) is 19.0 Å². The topological polar surface area (TPSA) is 132 Å². The first-order chi connectivity index (χ1) is 14.8. The molecule has 0 aromatic heterocycles. The predicted molar refractivity (Wildman–Crippen MR) is 117 cm³/mol. The highest BCUT2D eigenvalue weighted by Gasteiger charge is 2.09. The highest BCUT2D eigenvalue weighted by molar-refractivity contribution is 5.94. The van der Waals surface area contributed by atoms with E-state index in [4.69, 9.17) is 15.2 Å². The quantitative estimate of drug-likeness (QED) is 0.395. The van der Waals surface area contributed by atoms with Gasteiger partial charge in [-0.05, 0) is 49.2 Å². The number of hydrogen-bond acceptors (Lipinski definition) is 6. The molecule has 4 N–H and O–H groups in total. The summed E-state index contributed by atoms with van der Waals surface area (Å²) in [5.74, 6) is -0.488. The smallest absolute Gasteiger partial charge is 0.255 e. The maximum atomic E-state index is 12.1. The molecule has 0 saturated heterocycles. The fraction of sp³-hybridized carbons (Fsp3) is 0.273. The molecule has 2 rings (SSSR count). The minimum Gasteiger partial charge on any atom is -0.493 e.